The van der Waals surface area contributed by atoms with Crippen molar-refractivity contribution in [1.82, 2.24) is 10.2 Å². The molecule has 0 amide bonds. The van der Waals surface area contributed by atoms with Gasteiger partial charge in [-0.15, -0.1) is 4.40 Å². The predicted molar refractivity (Wildman–Crippen MR) is 148 cm³/mol. The number of hydrogen-bond acceptors (Lipinski definition) is 5. The fraction of sp³-hybridized carbons (Fsp3) is 0.481. The van der Waals surface area contributed by atoms with Crippen molar-refractivity contribution in [1.29, 1.82) is 0 Å². The summed E-state index contributed by atoms with van der Waals surface area (Å²) in [5, 5.41) is 4.23. The van der Waals surface area contributed by atoms with Gasteiger partial charge in [0, 0.05) is 39.4 Å². The van der Waals surface area contributed by atoms with Crippen LogP contribution in [0.25, 0.3) is 0 Å². The monoisotopic (exact) mass is 532 g/mol. The van der Waals surface area contributed by atoms with Gasteiger partial charge in [0.25, 0.3) is 10.0 Å². The second-order valence-electron chi connectivity index (χ2n) is 9.23. The smallest absolute Gasteiger partial charge is 0.283 e. The molecule has 0 atom stereocenters. The van der Waals surface area contributed by atoms with Gasteiger partial charge in [0.05, 0.1) is 16.0 Å². The maximum atomic E-state index is 12.6. The summed E-state index contributed by atoms with van der Waals surface area (Å²) in [6, 6.07) is 11.4. The molecule has 0 aromatic heterocycles. The normalized spacial score (nSPS) is 18.7. The average Bonchev–Trinajstić information content (AvgIpc) is 2.87. The summed E-state index contributed by atoms with van der Waals surface area (Å²) in [6.07, 6.45) is 7.92. The Morgan fingerprint density at radius 1 is 1.08 bits per heavy atom. The van der Waals surface area contributed by atoms with E-state index in [1.54, 1.807) is 31.1 Å². The van der Waals surface area contributed by atoms with E-state index in [9.17, 15) is 8.42 Å². The highest BCUT2D eigenvalue weighted by Crippen LogP contribution is 2.30. The summed E-state index contributed by atoms with van der Waals surface area (Å²) >= 11 is 6.43. The number of ether oxygens (including phenoxy) is 1. The highest BCUT2D eigenvalue weighted by atomic mass is 35.5. The van der Waals surface area contributed by atoms with E-state index < -0.39 is 10.0 Å². The van der Waals surface area contributed by atoms with E-state index in [-0.39, 0.29) is 11.0 Å². The van der Waals surface area contributed by atoms with Crippen molar-refractivity contribution in [2.24, 2.45) is 9.39 Å². The van der Waals surface area contributed by atoms with Gasteiger partial charge >= 0.3 is 0 Å². The summed E-state index contributed by atoms with van der Waals surface area (Å²) in [4.78, 5) is 6.07. The van der Waals surface area contributed by atoms with Crippen LogP contribution in [0.2, 0.25) is 5.02 Å². The van der Waals surface area contributed by atoms with Gasteiger partial charge in [-0.25, -0.2) is 0 Å². The van der Waals surface area contributed by atoms with E-state index in [0.717, 1.165) is 55.3 Å². The van der Waals surface area contributed by atoms with Crippen LogP contribution in [0, 0.1) is 0 Å². The number of benzene rings is 2. The predicted octanol–water partition coefficient (Wildman–Crippen LogP) is 5.10. The second kappa shape index (κ2) is 13.2. The summed E-state index contributed by atoms with van der Waals surface area (Å²) in [7, 11) is -0.252. The Bertz CT molecular complexity index is 1170. The molecule has 0 aliphatic heterocycles. The minimum Gasteiger partial charge on any atom is -0.489 e. The number of aryl methyl sites for hydroxylation is 1. The Hall–Kier alpha value is -2.42. The van der Waals surface area contributed by atoms with Gasteiger partial charge in [0.1, 0.15) is 12.1 Å². The van der Waals surface area contributed by atoms with Gasteiger partial charge in [-0.1, -0.05) is 24.6 Å². The van der Waals surface area contributed by atoms with Gasteiger partial charge in [-0.3, -0.25) is 4.99 Å². The molecule has 1 fully saturated rings. The third kappa shape index (κ3) is 8.05. The largest absolute Gasteiger partial charge is 0.489 e. The third-order valence-corrected chi connectivity index (χ3v) is 7.72. The van der Waals surface area contributed by atoms with Crippen molar-refractivity contribution < 1.29 is 13.2 Å². The number of nitrogens with zero attached hydrogens (tertiary/aromatic N) is 3. The van der Waals surface area contributed by atoms with Crippen LogP contribution in [-0.2, 0) is 23.0 Å². The number of aliphatic imine (C=N–C) groups is 1. The maximum absolute atomic E-state index is 12.6. The van der Waals surface area contributed by atoms with E-state index in [4.69, 9.17) is 16.3 Å². The first-order valence-electron chi connectivity index (χ1n) is 12.5. The molecule has 3 rings (SSSR count). The van der Waals surface area contributed by atoms with Crippen LogP contribution in [0.1, 0.15) is 56.2 Å². The van der Waals surface area contributed by atoms with Gasteiger partial charge in [0.2, 0.25) is 0 Å². The lowest BCUT2D eigenvalue weighted by molar-refractivity contribution is 0.139. The highest BCUT2D eigenvalue weighted by molar-refractivity contribution is 7.90. The molecule has 0 bridgehead atoms. The topological polar surface area (TPSA) is 83.4 Å². The Kier molecular flexibility index (Phi) is 10.3. The van der Waals surface area contributed by atoms with E-state index in [1.807, 2.05) is 37.4 Å². The van der Waals surface area contributed by atoms with Crippen LogP contribution < -0.4 is 10.1 Å². The second-order valence-corrected chi connectivity index (χ2v) is 11.3. The SMILES string of the molecule is CC/N=C\c1ccc(O[C@H]2CC[C@H](NCc3cc(S(=O)(=O)/N=C/N(C)C)ccc3CC)CC2)c(Cl)c1. The number of hydrogen-bond donors (Lipinski definition) is 1. The van der Waals surface area contributed by atoms with Gasteiger partial charge in [-0.05, 0) is 86.1 Å². The minimum atomic E-state index is -3.73. The molecular formula is C27H37ClN4O3S. The number of halogens is 1. The summed E-state index contributed by atoms with van der Waals surface area (Å²) in [6.45, 7) is 5.43. The molecule has 2 aromatic rings. The fourth-order valence-electron chi connectivity index (χ4n) is 4.20. The Labute approximate surface area is 220 Å². The molecule has 1 aliphatic rings. The number of sulfonamides is 1. The lowest BCUT2D eigenvalue weighted by atomic mass is 9.92. The Morgan fingerprint density at radius 3 is 2.47 bits per heavy atom. The molecule has 0 saturated heterocycles. The Balaban J connectivity index is 1.56. The highest BCUT2D eigenvalue weighted by Gasteiger charge is 2.23. The summed E-state index contributed by atoms with van der Waals surface area (Å²) < 4.78 is 35.2. The summed E-state index contributed by atoms with van der Waals surface area (Å²) in [5.74, 6) is 0.712. The molecule has 1 aliphatic carbocycles. The zero-order valence-electron chi connectivity index (χ0n) is 21.6. The van der Waals surface area contributed by atoms with E-state index in [0.29, 0.717) is 23.4 Å². The zero-order valence-corrected chi connectivity index (χ0v) is 23.1. The maximum Gasteiger partial charge on any atom is 0.283 e. The van der Waals surface area contributed by atoms with Crippen LogP contribution in [0.5, 0.6) is 5.75 Å². The van der Waals surface area contributed by atoms with Gasteiger partial charge in [0.15, 0.2) is 0 Å². The first-order chi connectivity index (χ1) is 17.2. The molecule has 36 heavy (non-hydrogen) atoms. The molecule has 0 unspecified atom stereocenters. The van der Waals surface area contributed by atoms with Gasteiger partial charge in [-0.2, -0.15) is 8.42 Å². The van der Waals surface area contributed by atoms with E-state index in [2.05, 4.69) is 21.6 Å². The standard InChI is InChI=1S/C27H37ClN4O3S/c1-5-21-8-13-25(36(33,34)31-19-32(3)4)16-22(21)18-30-23-9-11-24(12-10-23)35-27-14-7-20(15-26(27)28)17-29-6-2/h7-8,13-17,19,23-24,30H,5-6,9-12,18H2,1-4H3/b29-17-,31-19+/t23-,24-. The molecule has 1 N–H and O–H groups in total. The molecule has 2 aromatic carbocycles. The molecular weight excluding hydrogens is 496 g/mol. The molecule has 7 nitrogen and oxygen atoms in total. The van der Waals surface area contributed by atoms with Crippen LogP contribution in [-0.4, -0.2) is 58.7 Å². The average molecular weight is 533 g/mol. The summed E-state index contributed by atoms with van der Waals surface area (Å²) in [5.41, 5.74) is 3.10. The molecule has 196 valence electrons. The quantitative estimate of drug-likeness (QED) is 0.321. The molecule has 0 heterocycles. The molecule has 1 saturated carbocycles. The Morgan fingerprint density at radius 2 is 1.83 bits per heavy atom. The van der Waals surface area contributed by atoms with Crippen LogP contribution in [0.15, 0.2) is 50.7 Å². The molecule has 0 radical (unpaired) electrons. The van der Waals surface area contributed by atoms with Crippen molar-refractivity contribution in [3.05, 3.63) is 58.1 Å². The molecule has 9 heteroatoms. The van der Waals surface area contributed by atoms with Crippen molar-refractivity contribution in [2.45, 2.75) is 69.5 Å². The van der Waals surface area contributed by atoms with Crippen LogP contribution in [0.3, 0.4) is 0 Å². The first-order valence-corrected chi connectivity index (χ1v) is 14.3. The lowest BCUT2D eigenvalue weighted by Gasteiger charge is -2.30. The third-order valence-electron chi connectivity index (χ3n) is 6.20. The number of nitrogens with one attached hydrogen (secondary N) is 1. The lowest BCUT2D eigenvalue weighted by Crippen LogP contribution is -2.36. The van der Waals surface area contributed by atoms with E-state index in [1.165, 1.54) is 6.34 Å². The van der Waals surface area contributed by atoms with Crippen molar-refractivity contribution in [2.75, 3.05) is 20.6 Å². The fourth-order valence-corrected chi connectivity index (χ4v) is 5.40. The first kappa shape index (κ1) is 28.2. The van der Waals surface area contributed by atoms with Crippen molar-refractivity contribution in [3.8, 4) is 5.75 Å². The van der Waals surface area contributed by atoms with Crippen LogP contribution >= 0.6 is 11.6 Å². The van der Waals surface area contributed by atoms with Crippen LogP contribution in [0.4, 0.5) is 0 Å². The number of rotatable bonds is 11. The minimum absolute atomic E-state index is 0.130. The van der Waals surface area contributed by atoms with Gasteiger partial charge < -0.3 is 15.0 Å². The van der Waals surface area contributed by atoms with Crippen molar-refractivity contribution >= 4 is 34.2 Å². The zero-order chi connectivity index (χ0) is 26.1. The van der Waals surface area contributed by atoms with Crippen molar-refractivity contribution in [3.63, 3.8) is 0 Å². The molecule has 0 spiro atoms. The van der Waals surface area contributed by atoms with E-state index >= 15 is 0 Å².